The highest BCUT2D eigenvalue weighted by Gasteiger charge is 2.16. The minimum absolute atomic E-state index is 0.0000926. The van der Waals surface area contributed by atoms with Crippen LogP contribution in [0.5, 0.6) is 0 Å². The standard InChI is InChI=1S/C6H7ClN2O2S/c1-2-12(10,11)5-3-8-4-9-6(5)7/h3-4H,2H2,1H3. The minimum Gasteiger partial charge on any atom is -0.243 e. The number of rotatable bonds is 2. The SMILES string of the molecule is CCS(=O)(=O)c1cncnc1Cl. The third kappa shape index (κ3) is 1.73. The minimum atomic E-state index is -3.29. The molecule has 0 radical (unpaired) electrons. The Bertz CT molecular complexity index is 377. The van der Waals surface area contributed by atoms with E-state index in [2.05, 4.69) is 9.97 Å². The van der Waals surface area contributed by atoms with Crippen molar-refractivity contribution in [3.8, 4) is 0 Å². The summed E-state index contributed by atoms with van der Waals surface area (Å²) in [5.74, 6) is 0.0000926. The van der Waals surface area contributed by atoms with E-state index in [4.69, 9.17) is 11.6 Å². The molecule has 0 spiro atoms. The lowest BCUT2D eigenvalue weighted by Crippen LogP contribution is -2.05. The van der Waals surface area contributed by atoms with Gasteiger partial charge in [-0.2, -0.15) is 0 Å². The first-order chi connectivity index (χ1) is 5.58. The molecule has 1 heterocycles. The summed E-state index contributed by atoms with van der Waals surface area (Å²) in [6.07, 6.45) is 2.41. The third-order valence-electron chi connectivity index (χ3n) is 1.35. The van der Waals surface area contributed by atoms with Gasteiger partial charge in [-0.15, -0.1) is 0 Å². The lowest BCUT2D eigenvalue weighted by Gasteiger charge is -2.00. The number of nitrogens with zero attached hydrogens (tertiary/aromatic N) is 2. The molecule has 12 heavy (non-hydrogen) atoms. The fraction of sp³-hybridized carbons (Fsp3) is 0.333. The van der Waals surface area contributed by atoms with Gasteiger partial charge >= 0.3 is 0 Å². The molecule has 0 unspecified atom stereocenters. The summed E-state index contributed by atoms with van der Waals surface area (Å²) in [5.41, 5.74) is 0. The van der Waals surface area contributed by atoms with Crippen LogP contribution in [-0.2, 0) is 9.84 Å². The Kier molecular flexibility index (Phi) is 2.64. The number of halogens is 1. The third-order valence-corrected chi connectivity index (χ3v) is 3.49. The van der Waals surface area contributed by atoms with Crippen molar-refractivity contribution in [1.82, 2.24) is 9.97 Å². The molecule has 0 fully saturated rings. The Morgan fingerprint density at radius 2 is 2.25 bits per heavy atom. The normalized spacial score (nSPS) is 11.5. The van der Waals surface area contributed by atoms with E-state index < -0.39 is 9.84 Å². The molecule has 0 aliphatic rings. The quantitative estimate of drug-likeness (QED) is 0.676. The van der Waals surface area contributed by atoms with E-state index in [-0.39, 0.29) is 15.8 Å². The molecule has 1 aromatic heterocycles. The van der Waals surface area contributed by atoms with Crippen molar-refractivity contribution in [2.45, 2.75) is 11.8 Å². The molecule has 0 aliphatic heterocycles. The molecule has 0 bridgehead atoms. The van der Waals surface area contributed by atoms with Gasteiger partial charge in [0.25, 0.3) is 0 Å². The smallest absolute Gasteiger partial charge is 0.182 e. The van der Waals surface area contributed by atoms with Crippen molar-refractivity contribution >= 4 is 21.4 Å². The largest absolute Gasteiger partial charge is 0.243 e. The molecule has 0 saturated carbocycles. The van der Waals surface area contributed by atoms with E-state index in [1.54, 1.807) is 6.92 Å². The number of hydrogen-bond donors (Lipinski definition) is 0. The first-order valence-corrected chi connectivity index (χ1v) is 5.29. The zero-order valence-corrected chi connectivity index (χ0v) is 7.93. The summed E-state index contributed by atoms with van der Waals surface area (Å²) in [6.45, 7) is 1.54. The van der Waals surface area contributed by atoms with Gasteiger partial charge in [-0.3, -0.25) is 0 Å². The Hall–Kier alpha value is -0.680. The maximum absolute atomic E-state index is 11.3. The van der Waals surface area contributed by atoms with E-state index >= 15 is 0 Å². The van der Waals surface area contributed by atoms with Gasteiger partial charge in [-0.25, -0.2) is 18.4 Å². The number of hydrogen-bond acceptors (Lipinski definition) is 4. The van der Waals surface area contributed by atoms with Crippen LogP contribution in [0, 0.1) is 0 Å². The van der Waals surface area contributed by atoms with Crippen LogP contribution in [0.4, 0.5) is 0 Å². The Morgan fingerprint density at radius 3 is 2.75 bits per heavy atom. The summed E-state index contributed by atoms with van der Waals surface area (Å²) in [5, 5.41) is -0.0214. The van der Waals surface area contributed by atoms with Crippen LogP contribution in [-0.4, -0.2) is 24.1 Å². The first kappa shape index (κ1) is 9.41. The molecule has 1 rings (SSSR count). The van der Waals surface area contributed by atoms with Crippen LogP contribution in [0.1, 0.15) is 6.92 Å². The number of sulfone groups is 1. The van der Waals surface area contributed by atoms with Crippen molar-refractivity contribution in [2.75, 3.05) is 5.75 Å². The van der Waals surface area contributed by atoms with E-state index in [1.165, 1.54) is 12.5 Å². The Morgan fingerprint density at radius 1 is 1.58 bits per heavy atom. The van der Waals surface area contributed by atoms with E-state index in [0.29, 0.717) is 0 Å². The van der Waals surface area contributed by atoms with Crippen molar-refractivity contribution in [3.63, 3.8) is 0 Å². The van der Waals surface area contributed by atoms with Crippen molar-refractivity contribution in [2.24, 2.45) is 0 Å². The molecule has 1 aromatic rings. The molecular weight excluding hydrogens is 200 g/mol. The van der Waals surface area contributed by atoms with Gasteiger partial charge in [0.15, 0.2) is 15.0 Å². The molecule has 6 heteroatoms. The van der Waals surface area contributed by atoms with Crippen LogP contribution in [0.25, 0.3) is 0 Å². The van der Waals surface area contributed by atoms with Crippen LogP contribution < -0.4 is 0 Å². The van der Waals surface area contributed by atoms with Gasteiger partial charge in [-0.05, 0) is 0 Å². The second-order valence-electron chi connectivity index (χ2n) is 2.08. The van der Waals surface area contributed by atoms with Gasteiger partial charge in [0.2, 0.25) is 0 Å². The predicted molar refractivity (Wildman–Crippen MR) is 44.8 cm³/mol. The van der Waals surface area contributed by atoms with Crippen molar-refractivity contribution in [3.05, 3.63) is 17.7 Å². The molecule has 0 aromatic carbocycles. The molecule has 0 atom stereocenters. The van der Waals surface area contributed by atoms with Crippen LogP contribution >= 0.6 is 11.6 Å². The van der Waals surface area contributed by atoms with Gasteiger partial charge in [0.05, 0.1) is 11.9 Å². The fourth-order valence-electron chi connectivity index (χ4n) is 0.666. The molecule has 66 valence electrons. The van der Waals surface area contributed by atoms with Crippen molar-refractivity contribution in [1.29, 1.82) is 0 Å². The lowest BCUT2D eigenvalue weighted by atomic mass is 10.7. The fourth-order valence-corrected chi connectivity index (χ4v) is 1.95. The zero-order chi connectivity index (χ0) is 9.19. The maximum Gasteiger partial charge on any atom is 0.182 e. The number of aromatic nitrogens is 2. The monoisotopic (exact) mass is 206 g/mol. The van der Waals surface area contributed by atoms with Gasteiger partial charge in [-0.1, -0.05) is 18.5 Å². The molecule has 4 nitrogen and oxygen atoms in total. The predicted octanol–water partition coefficient (Wildman–Crippen LogP) is 0.924. The second kappa shape index (κ2) is 3.37. The van der Waals surface area contributed by atoms with E-state index in [0.717, 1.165) is 0 Å². The lowest BCUT2D eigenvalue weighted by molar-refractivity contribution is 0.596. The average Bonchev–Trinajstić information content (AvgIpc) is 2.05. The molecular formula is C6H7ClN2O2S. The first-order valence-electron chi connectivity index (χ1n) is 3.26. The summed E-state index contributed by atoms with van der Waals surface area (Å²) >= 11 is 5.56. The van der Waals surface area contributed by atoms with Gasteiger partial charge in [0.1, 0.15) is 11.2 Å². The molecule has 0 saturated heterocycles. The highest BCUT2D eigenvalue weighted by Crippen LogP contribution is 2.17. The second-order valence-corrected chi connectivity index (χ2v) is 4.69. The van der Waals surface area contributed by atoms with E-state index in [1.807, 2.05) is 0 Å². The average molecular weight is 207 g/mol. The van der Waals surface area contributed by atoms with E-state index in [9.17, 15) is 8.42 Å². The highest BCUT2D eigenvalue weighted by atomic mass is 35.5. The summed E-state index contributed by atoms with van der Waals surface area (Å²) < 4.78 is 22.5. The highest BCUT2D eigenvalue weighted by molar-refractivity contribution is 7.91. The maximum atomic E-state index is 11.3. The topological polar surface area (TPSA) is 59.9 Å². The molecule has 0 aliphatic carbocycles. The van der Waals surface area contributed by atoms with Crippen molar-refractivity contribution < 1.29 is 8.42 Å². The Balaban J connectivity index is 3.30. The summed E-state index contributed by atoms with van der Waals surface area (Å²) in [4.78, 5) is 7.15. The van der Waals surface area contributed by atoms with Crippen LogP contribution in [0.2, 0.25) is 5.15 Å². The summed E-state index contributed by atoms with van der Waals surface area (Å²) in [6, 6.07) is 0. The van der Waals surface area contributed by atoms with Crippen LogP contribution in [0.3, 0.4) is 0 Å². The van der Waals surface area contributed by atoms with Gasteiger partial charge < -0.3 is 0 Å². The van der Waals surface area contributed by atoms with Crippen LogP contribution in [0.15, 0.2) is 17.4 Å². The van der Waals surface area contributed by atoms with Gasteiger partial charge in [0, 0.05) is 0 Å². The molecule has 0 N–H and O–H groups in total. The summed E-state index contributed by atoms with van der Waals surface area (Å²) in [7, 11) is -3.29. The molecule has 0 amide bonds. The Labute approximate surface area is 75.5 Å². The zero-order valence-electron chi connectivity index (χ0n) is 6.36.